The lowest BCUT2D eigenvalue weighted by atomic mass is 9.52. The van der Waals surface area contributed by atoms with Crippen molar-refractivity contribution < 1.29 is 19.2 Å². The molecule has 2 heterocycles. The second-order valence-corrected chi connectivity index (χ2v) is 11.2. The summed E-state index contributed by atoms with van der Waals surface area (Å²) in [6.45, 7) is 7.93. The first-order valence-corrected chi connectivity index (χ1v) is 14.0. The molecule has 0 aromatic carbocycles. The lowest BCUT2D eigenvalue weighted by Crippen LogP contribution is -2.50. The largest absolute Gasteiger partial charge is 0.278 e. The number of carbonyl (C=O) groups is 4. The van der Waals surface area contributed by atoms with Crippen LogP contribution in [-0.4, -0.2) is 46.5 Å². The Labute approximate surface area is 215 Å². The molecular formula is C30H42N2O4. The van der Waals surface area contributed by atoms with Crippen LogP contribution in [0.25, 0.3) is 0 Å². The lowest BCUT2D eigenvalue weighted by molar-refractivity contribution is -0.145. The summed E-state index contributed by atoms with van der Waals surface area (Å²) < 4.78 is 0. The van der Waals surface area contributed by atoms with Gasteiger partial charge >= 0.3 is 0 Å². The SMILES string of the molecule is C=CCN1C(=O)CC(C2CCCC/C=C\C2(C2CCCCCCC2)C2CC(=O)N(CC=C)C2=O)C1=O. The van der Waals surface area contributed by atoms with Gasteiger partial charge in [-0.1, -0.05) is 62.8 Å². The Morgan fingerprint density at radius 2 is 1.36 bits per heavy atom. The van der Waals surface area contributed by atoms with Crippen LogP contribution in [0, 0.1) is 29.1 Å². The Bertz CT molecular complexity index is 916. The van der Waals surface area contributed by atoms with E-state index in [-0.39, 0.29) is 61.4 Å². The van der Waals surface area contributed by atoms with Gasteiger partial charge in [0.05, 0.1) is 11.8 Å². The molecule has 3 fully saturated rings. The molecule has 6 nitrogen and oxygen atoms in total. The number of hydrogen-bond donors (Lipinski definition) is 0. The van der Waals surface area contributed by atoms with Gasteiger partial charge in [-0.2, -0.15) is 0 Å². The van der Waals surface area contributed by atoms with Crippen LogP contribution in [0.2, 0.25) is 0 Å². The van der Waals surface area contributed by atoms with Crippen LogP contribution in [0.15, 0.2) is 37.5 Å². The van der Waals surface area contributed by atoms with Crippen molar-refractivity contribution >= 4 is 23.6 Å². The molecule has 4 aliphatic rings. The van der Waals surface area contributed by atoms with E-state index in [0.29, 0.717) is 0 Å². The Morgan fingerprint density at radius 1 is 0.778 bits per heavy atom. The Kier molecular flexibility index (Phi) is 8.63. The Balaban J connectivity index is 1.84. The Morgan fingerprint density at radius 3 is 2.03 bits per heavy atom. The second kappa shape index (κ2) is 11.7. The van der Waals surface area contributed by atoms with Crippen LogP contribution in [0.4, 0.5) is 0 Å². The molecule has 0 aromatic heterocycles. The van der Waals surface area contributed by atoms with E-state index in [1.807, 2.05) is 0 Å². The molecule has 2 aliphatic heterocycles. The fourth-order valence-corrected chi connectivity index (χ4v) is 7.63. The molecule has 0 bridgehead atoms. The minimum atomic E-state index is -0.606. The molecule has 1 saturated carbocycles. The molecule has 4 rings (SSSR count). The first kappa shape index (κ1) is 26.6. The number of carbonyl (C=O) groups excluding carboxylic acids is 4. The minimum absolute atomic E-state index is 0.128. The molecule has 4 atom stereocenters. The maximum atomic E-state index is 13.9. The van der Waals surface area contributed by atoms with Gasteiger partial charge in [0.25, 0.3) is 0 Å². The van der Waals surface area contributed by atoms with Crippen molar-refractivity contribution in [3.63, 3.8) is 0 Å². The molecule has 0 spiro atoms. The predicted octanol–water partition coefficient (Wildman–Crippen LogP) is 5.20. The lowest BCUT2D eigenvalue weighted by Gasteiger charge is -2.51. The summed E-state index contributed by atoms with van der Waals surface area (Å²) in [7, 11) is 0. The van der Waals surface area contributed by atoms with E-state index in [9.17, 15) is 19.2 Å². The third-order valence-corrected chi connectivity index (χ3v) is 9.23. The number of likely N-dealkylation sites (tertiary alicyclic amines) is 2. The molecule has 196 valence electrons. The number of allylic oxidation sites excluding steroid dienone is 2. The van der Waals surface area contributed by atoms with Crippen LogP contribution in [0.3, 0.4) is 0 Å². The molecule has 36 heavy (non-hydrogen) atoms. The van der Waals surface area contributed by atoms with Gasteiger partial charge in [-0.05, 0) is 43.9 Å². The molecule has 4 unspecified atom stereocenters. The van der Waals surface area contributed by atoms with Crippen LogP contribution >= 0.6 is 0 Å². The Hall–Kier alpha value is -2.50. The fraction of sp³-hybridized carbons (Fsp3) is 0.667. The van der Waals surface area contributed by atoms with Gasteiger partial charge in [0.15, 0.2) is 0 Å². The van der Waals surface area contributed by atoms with Crippen molar-refractivity contribution in [3.05, 3.63) is 37.5 Å². The normalized spacial score (nSPS) is 33.7. The summed E-state index contributed by atoms with van der Waals surface area (Å²) in [5, 5.41) is 0. The predicted molar refractivity (Wildman–Crippen MR) is 139 cm³/mol. The summed E-state index contributed by atoms with van der Waals surface area (Å²) in [5.41, 5.74) is -0.606. The van der Waals surface area contributed by atoms with Gasteiger partial charge in [0.1, 0.15) is 0 Å². The van der Waals surface area contributed by atoms with Gasteiger partial charge in [0, 0.05) is 31.3 Å². The summed E-state index contributed by atoms with van der Waals surface area (Å²) in [5.74, 6) is -1.44. The van der Waals surface area contributed by atoms with Gasteiger partial charge < -0.3 is 0 Å². The molecule has 2 aliphatic carbocycles. The van der Waals surface area contributed by atoms with Crippen molar-refractivity contribution in [2.75, 3.05) is 13.1 Å². The summed E-state index contributed by atoms with van der Waals surface area (Å²) in [6.07, 6.45) is 19.5. The van der Waals surface area contributed by atoms with Crippen molar-refractivity contribution in [2.45, 2.75) is 83.5 Å². The molecule has 4 amide bonds. The third-order valence-electron chi connectivity index (χ3n) is 9.23. The highest BCUT2D eigenvalue weighted by Gasteiger charge is 2.60. The van der Waals surface area contributed by atoms with E-state index in [1.165, 1.54) is 29.1 Å². The standard InChI is InChI=1S/C30H42N2O4/c1-3-18-31-26(33)20-23(28(31)35)24-16-12-8-9-13-17-30(24,22-14-10-6-5-7-11-15-22)25-21-27(34)32(19-4-2)29(25)36/h3-4,13,17,22-25H,1-2,5-12,14-16,18-21H2/b17-13-. The van der Waals surface area contributed by atoms with Crippen molar-refractivity contribution in [3.8, 4) is 0 Å². The molecule has 0 N–H and O–H groups in total. The zero-order valence-corrected chi connectivity index (χ0v) is 21.7. The van der Waals surface area contributed by atoms with Crippen LogP contribution in [0.1, 0.15) is 83.5 Å². The van der Waals surface area contributed by atoms with Gasteiger partial charge in [-0.25, -0.2) is 0 Å². The average Bonchev–Trinajstić information content (AvgIpc) is 3.25. The topological polar surface area (TPSA) is 74.8 Å². The summed E-state index contributed by atoms with van der Waals surface area (Å²) in [6, 6.07) is 0. The van der Waals surface area contributed by atoms with Crippen LogP contribution < -0.4 is 0 Å². The van der Waals surface area contributed by atoms with E-state index in [0.717, 1.165) is 51.4 Å². The molecule has 2 saturated heterocycles. The van der Waals surface area contributed by atoms with Crippen LogP contribution in [-0.2, 0) is 19.2 Å². The zero-order chi connectivity index (χ0) is 25.7. The smallest absolute Gasteiger partial charge is 0.233 e. The van der Waals surface area contributed by atoms with Crippen molar-refractivity contribution in [1.29, 1.82) is 0 Å². The number of amides is 4. The van der Waals surface area contributed by atoms with E-state index >= 15 is 0 Å². The first-order chi connectivity index (χ1) is 17.5. The molecule has 6 heteroatoms. The maximum Gasteiger partial charge on any atom is 0.233 e. The number of rotatable bonds is 7. The van der Waals surface area contributed by atoms with E-state index in [4.69, 9.17) is 0 Å². The fourth-order valence-electron chi connectivity index (χ4n) is 7.63. The average molecular weight is 495 g/mol. The number of imide groups is 2. The zero-order valence-electron chi connectivity index (χ0n) is 21.7. The maximum absolute atomic E-state index is 13.9. The third kappa shape index (κ3) is 4.88. The molecule has 0 aromatic rings. The van der Waals surface area contributed by atoms with Crippen molar-refractivity contribution in [2.24, 2.45) is 29.1 Å². The highest BCUT2D eigenvalue weighted by Crippen LogP contribution is 2.58. The van der Waals surface area contributed by atoms with Crippen LogP contribution in [0.5, 0.6) is 0 Å². The summed E-state index contributed by atoms with van der Waals surface area (Å²) >= 11 is 0. The van der Waals surface area contributed by atoms with Crippen molar-refractivity contribution in [1.82, 2.24) is 9.80 Å². The van der Waals surface area contributed by atoms with E-state index < -0.39 is 17.3 Å². The quantitative estimate of drug-likeness (QED) is 0.360. The van der Waals surface area contributed by atoms with Gasteiger partial charge in [0.2, 0.25) is 23.6 Å². The number of nitrogens with zero attached hydrogens (tertiary/aromatic N) is 2. The monoisotopic (exact) mass is 494 g/mol. The van der Waals surface area contributed by atoms with Gasteiger partial charge in [-0.15, -0.1) is 13.2 Å². The number of hydrogen-bond acceptors (Lipinski definition) is 4. The molecular weight excluding hydrogens is 452 g/mol. The minimum Gasteiger partial charge on any atom is -0.278 e. The van der Waals surface area contributed by atoms with E-state index in [1.54, 1.807) is 12.2 Å². The second-order valence-electron chi connectivity index (χ2n) is 11.2. The first-order valence-electron chi connectivity index (χ1n) is 14.0. The van der Waals surface area contributed by atoms with Gasteiger partial charge in [-0.3, -0.25) is 29.0 Å². The summed E-state index contributed by atoms with van der Waals surface area (Å²) in [4.78, 5) is 56.4. The van der Waals surface area contributed by atoms with E-state index in [2.05, 4.69) is 25.3 Å². The highest BCUT2D eigenvalue weighted by atomic mass is 16.2. The molecule has 0 radical (unpaired) electrons. The highest BCUT2D eigenvalue weighted by molar-refractivity contribution is 6.05.